The summed E-state index contributed by atoms with van der Waals surface area (Å²) in [4.78, 5) is 14.0. The van der Waals surface area contributed by atoms with Crippen LogP contribution in [0.5, 0.6) is 0 Å². The number of fused-ring (bicyclic) bond motifs is 1. The lowest BCUT2D eigenvalue weighted by atomic mass is 9.85. The van der Waals surface area contributed by atoms with Gasteiger partial charge in [0.15, 0.2) is 0 Å². The summed E-state index contributed by atoms with van der Waals surface area (Å²) in [6, 6.07) is 1.51. The van der Waals surface area contributed by atoms with Crippen LogP contribution < -0.4 is 5.73 Å². The van der Waals surface area contributed by atoms with Crippen LogP contribution >= 0.6 is 11.6 Å². The van der Waals surface area contributed by atoms with Gasteiger partial charge in [-0.2, -0.15) is 0 Å². The number of benzene rings is 1. The number of nitro benzene ring substituents is 1. The Morgan fingerprint density at radius 3 is 2.95 bits per heavy atom. The van der Waals surface area contributed by atoms with Crippen molar-refractivity contribution in [1.82, 2.24) is 0 Å². The van der Waals surface area contributed by atoms with Crippen LogP contribution in [0.15, 0.2) is 17.1 Å². The van der Waals surface area contributed by atoms with Crippen molar-refractivity contribution in [2.24, 2.45) is 16.6 Å². The molecule has 3 atom stereocenters. The number of alkyl halides is 1. The Labute approximate surface area is 122 Å². The molecule has 9 heteroatoms. The van der Waals surface area contributed by atoms with Gasteiger partial charge in [0.1, 0.15) is 24.1 Å². The summed E-state index contributed by atoms with van der Waals surface area (Å²) < 4.78 is 32.8. The van der Waals surface area contributed by atoms with Gasteiger partial charge < -0.3 is 10.5 Å². The third-order valence-corrected chi connectivity index (χ3v) is 4.21. The number of nitrogens with zero attached hydrogens (tertiary/aromatic N) is 2. The minimum absolute atomic E-state index is 0.0721. The van der Waals surface area contributed by atoms with Crippen LogP contribution in [-0.2, 0) is 10.3 Å². The van der Waals surface area contributed by atoms with E-state index in [0.29, 0.717) is 12.5 Å². The highest BCUT2D eigenvalue weighted by molar-refractivity contribution is 6.31. The normalized spacial score (nSPS) is 30.1. The van der Waals surface area contributed by atoms with Crippen molar-refractivity contribution < 1.29 is 18.4 Å². The average molecular weight is 318 g/mol. The molecule has 1 aromatic carbocycles. The molecule has 0 bridgehead atoms. The Kier molecular flexibility index (Phi) is 3.01. The van der Waals surface area contributed by atoms with E-state index >= 15 is 0 Å². The molecule has 1 heterocycles. The molecule has 1 aromatic rings. The summed E-state index contributed by atoms with van der Waals surface area (Å²) in [7, 11) is 0. The fraction of sp³-hybridized carbons (Fsp3) is 0.417. The highest BCUT2D eigenvalue weighted by Crippen LogP contribution is 2.55. The maximum absolute atomic E-state index is 13.8. The zero-order valence-corrected chi connectivity index (χ0v) is 11.3. The van der Waals surface area contributed by atoms with Crippen LogP contribution in [0.1, 0.15) is 12.0 Å². The van der Waals surface area contributed by atoms with E-state index in [2.05, 4.69) is 4.99 Å². The van der Waals surface area contributed by atoms with Gasteiger partial charge in [-0.15, -0.1) is 0 Å². The lowest BCUT2D eigenvalue weighted by Crippen LogP contribution is -2.39. The van der Waals surface area contributed by atoms with E-state index < -0.39 is 28.6 Å². The predicted molar refractivity (Wildman–Crippen MR) is 70.3 cm³/mol. The topological polar surface area (TPSA) is 90.8 Å². The molecule has 21 heavy (non-hydrogen) atoms. The molecule has 3 rings (SSSR count). The summed E-state index contributed by atoms with van der Waals surface area (Å²) in [5.74, 6) is -1.36. The molecule has 1 aliphatic carbocycles. The van der Waals surface area contributed by atoms with Gasteiger partial charge in [0, 0.05) is 17.5 Å². The second-order valence-corrected chi connectivity index (χ2v) is 5.43. The molecular weight excluding hydrogens is 308 g/mol. The predicted octanol–water partition coefficient (Wildman–Crippen LogP) is 2.29. The minimum Gasteiger partial charge on any atom is -0.462 e. The molecule has 1 saturated carbocycles. The number of nitro groups is 1. The number of aliphatic imine (C=N–C) groups is 1. The van der Waals surface area contributed by atoms with Gasteiger partial charge >= 0.3 is 0 Å². The Morgan fingerprint density at radius 2 is 2.33 bits per heavy atom. The van der Waals surface area contributed by atoms with E-state index in [9.17, 15) is 18.9 Å². The van der Waals surface area contributed by atoms with Crippen LogP contribution in [0.25, 0.3) is 0 Å². The first-order valence-electron chi connectivity index (χ1n) is 6.11. The molecule has 112 valence electrons. The average Bonchev–Trinajstić information content (AvgIpc) is 3.19. The fourth-order valence-corrected chi connectivity index (χ4v) is 2.99. The van der Waals surface area contributed by atoms with E-state index in [1.165, 1.54) is 0 Å². The number of amidine groups is 1. The van der Waals surface area contributed by atoms with E-state index in [-0.39, 0.29) is 28.6 Å². The molecule has 6 nitrogen and oxygen atoms in total. The van der Waals surface area contributed by atoms with Gasteiger partial charge in [-0.05, 0) is 6.42 Å². The van der Waals surface area contributed by atoms with Gasteiger partial charge in [-0.1, -0.05) is 11.6 Å². The number of non-ortho nitro benzene ring substituents is 1. The molecule has 0 spiro atoms. The van der Waals surface area contributed by atoms with Gasteiger partial charge in [0.2, 0.25) is 0 Å². The molecule has 1 aliphatic heterocycles. The number of ether oxygens (including phenoxy) is 1. The van der Waals surface area contributed by atoms with Crippen molar-refractivity contribution in [1.29, 1.82) is 0 Å². The van der Waals surface area contributed by atoms with E-state index in [1.54, 1.807) is 0 Å². The number of nitrogens with two attached hydrogens (primary N) is 1. The largest absolute Gasteiger partial charge is 0.462 e. The van der Waals surface area contributed by atoms with Crippen molar-refractivity contribution >= 4 is 23.3 Å². The van der Waals surface area contributed by atoms with E-state index in [4.69, 9.17) is 22.1 Å². The van der Waals surface area contributed by atoms with Crippen LogP contribution in [0, 0.1) is 21.8 Å². The molecule has 0 unspecified atom stereocenters. The summed E-state index contributed by atoms with van der Waals surface area (Å²) >= 11 is 5.89. The smallest absolute Gasteiger partial charge is 0.283 e. The summed E-state index contributed by atoms with van der Waals surface area (Å²) in [5, 5.41) is 10.5. The van der Waals surface area contributed by atoms with Gasteiger partial charge in [-0.3, -0.25) is 10.1 Å². The highest BCUT2D eigenvalue weighted by atomic mass is 35.5. The molecule has 0 amide bonds. The van der Waals surface area contributed by atoms with E-state index in [1.807, 2.05) is 0 Å². The summed E-state index contributed by atoms with van der Waals surface area (Å²) in [6.45, 7) is -1.00. The van der Waals surface area contributed by atoms with Gasteiger partial charge in [0.05, 0.1) is 16.0 Å². The van der Waals surface area contributed by atoms with Crippen LogP contribution in [0.3, 0.4) is 0 Å². The maximum atomic E-state index is 13.8. The Balaban J connectivity index is 2.22. The standard InChI is InChI=1S/C12H10ClF2N3O3/c13-10-7(1-5(18(19)20)2-8(10)15)12(4-14)6-3-9(6)21-11(16)17-12/h1-2,6,9H,3-4H2,(H2,16,17)/t6-,9+,12-/m0/s1. The lowest BCUT2D eigenvalue weighted by molar-refractivity contribution is -0.385. The quantitative estimate of drug-likeness (QED) is 0.684. The zero-order valence-electron chi connectivity index (χ0n) is 10.6. The van der Waals surface area contributed by atoms with Crippen LogP contribution in [-0.4, -0.2) is 23.7 Å². The lowest BCUT2D eigenvalue weighted by Gasteiger charge is -2.31. The number of hydrogen-bond donors (Lipinski definition) is 1. The van der Waals surface area contributed by atoms with Crippen molar-refractivity contribution in [3.63, 3.8) is 0 Å². The number of rotatable bonds is 3. The molecule has 0 radical (unpaired) electrons. The van der Waals surface area contributed by atoms with Crippen molar-refractivity contribution in [2.75, 3.05) is 6.67 Å². The van der Waals surface area contributed by atoms with Crippen molar-refractivity contribution in [2.45, 2.75) is 18.1 Å². The molecule has 0 saturated heterocycles. The summed E-state index contributed by atoms with van der Waals surface area (Å²) in [6.07, 6.45) is 0.158. The zero-order chi connectivity index (χ0) is 15.4. The second-order valence-electron chi connectivity index (χ2n) is 5.05. The van der Waals surface area contributed by atoms with Gasteiger partial charge in [-0.25, -0.2) is 13.8 Å². The fourth-order valence-electron chi connectivity index (χ4n) is 2.72. The number of hydrogen-bond acceptors (Lipinski definition) is 5. The van der Waals surface area contributed by atoms with E-state index in [0.717, 1.165) is 6.07 Å². The first kappa shape index (κ1) is 14.0. The monoisotopic (exact) mass is 317 g/mol. The SMILES string of the molecule is NC1=N[C@](CF)(c2cc([N+](=O)[O-])cc(F)c2Cl)[C@H]2C[C@H]2O1. The third-order valence-electron chi connectivity index (χ3n) is 3.82. The minimum atomic E-state index is -1.53. The van der Waals surface area contributed by atoms with Crippen LogP contribution in [0.4, 0.5) is 14.5 Å². The first-order valence-corrected chi connectivity index (χ1v) is 6.48. The molecule has 0 aromatic heterocycles. The summed E-state index contributed by atoms with van der Waals surface area (Å²) in [5.41, 5.74) is 3.40. The van der Waals surface area contributed by atoms with Crippen molar-refractivity contribution in [3.8, 4) is 0 Å². The third kappa shape index (κ3) is 2.01. The first-order chi connectivity index (χ1) is 9.89. The Bertz CT molecular complexity index is 669. The highest BCUT2D eigenvalue weighted by Gasteiger charge is 2.60. The maximum Gasteiger partial charge on any atom is 0.283 e. The van der Waals surface area contributed by atoms with Crippen LogP contribution in [0.2, 0.25) is 5.02 Å². The van der Waals surface area contributed by atoms with Gasteiger partial charge in [0.25, 0.3) is 11.7 Å². The Hall–Kier alpha value is -1.96. The molecule has 1 fully saturated rings. The molecule has 2 aliphatic rings. The van der Waals surface area contributed by atoms with Crippen molar-refractivity contribution in [3.05, 3.63) is 38.7 Å². The molecule has 2 N–H and O–H groups in total. The number of halogens is 3. The Morgan fingerprint density at radius 1 is 1.62 bits per heavy atom. The molecular formula is C12H10ClF2N3O3. The second kappa shape index (κ2) is 4.52.